The van der Waals surface area contributed by atoms with E-state index < -0.39 is 5.60 Å². The number of hydrogen-bond donors (Lipinski definition) is 1. The zero-order valence-corrected chi connectivity index (χ0v) is 12.3. The highest BCUT2D eigenvalue weighted by Crippen LogP contribution is 2.37. The summed E-state index contributed by atoms with van der Waals surface area (Å²) in [6, 6.07) is 9.91. The van der Waals surface area contributed by atoms with Crippen molar-refractivity contribution < 1.29 is 5.11 Å². The molecule has 0 aliphatic heterocycles. The summed E-state index contributed by atoms with van der Waals surface area (Å²) < 4.78 is 0.995. The molecule has 3 heteroatoms. The van der Waals surface area contributed by atoms with Gasteiger partial charge in [0.1, 0.15) is 5.60 Å². The van der Waals surface area contributed by atoms with Crippen LogP contribution in [-0.2, 0) is 5.60 Å². The Labute approximate surface area is 114 Å². The molecule has 90 valence electrons. The van der Waals surface area contributed by atoms with Crippen molar-refractivity contribution in [2.75, 3.05) is 0 Å². The predicted octanol–water partition coefficient (Wildman–Crippen LogP) is 4.46. The molecule has 1 aromatic heterocycles. The van der Waals surface area contributed by atoms with E-state index in [2.05, 4.69) is 22.9 Å². The first-order valence-corrected chi connectivity index (χ1v) is 7.28. The van der Waals surface area contributed by atoms with E-state index in [9.17, 15) is 5.11 Å². The van der Waals surface area contributed by atoms with Crippen LogP contribution in [0.5, 0.6) is 0 Å². The Balaban J connectivity index is 2.55. The molecule has 2 aromatic rings. The molecule has 17 heavy (non-hydrogen) atoms. The summed E-state index contributed by atoms with van der Waals surface area (Å²) in [5, 5.41) is 13.0. The summed E-state index contributed by atoms with van der Waals surface area (Å²) in [6.45, 7) is 4.07. The summed E-state index contributed by atoms with van der Waals surface area (Å²) in [5.41, 5.74) is 1.08. The van der Waals surface area contributed by atoms with Crippen LogP contribution in [0.25, 0.3) is 0 Å². The van der Waals surface area contributed by atoms with Crippen LogP contribution in [-0.4, -0.2) is 5.11 Å². The summed E-state index contributed by atoms with van der Waals surface area (Å²) in [7, 11) is 0. The van der Waals surface area contributed by atoms with E-state index in [0.29, 0.717) is 6.42 Å². The minimum absolute atomic E-state index is 0.668. The fourth-order valence-electron chi connectivity index (χ4n) is 2.11. The standard InChI is InChI=1S/C14H15BrOS/c1-3-14(16,13-7-8-17-10(13)2)11-5-4-6-12(15)9-11/h4-9,16H,3H2,1-2H3. The van der Waals surface area contributed by atoms with Crippen molar-refractivity contribution in [3.05, 3.63) is 56.2 Å². The molecule has 1 N–H and O–H groups in total. The molecule has 0 saturated heterocycles. The van der Waals surface area contributed by atoms with Crippen LogP contribution >= 0.6 is 27.3 Å². The minimum Gasteiger partial charge on any atom is -0.380 e. The molecule has 1 heterocycles. The van der Waals surface area contributed by atoms with Gasteiger partial charge in [-0.2, -0.15) is 0 Å². The monoisotopic (exact) mass is 310 g/mol. The average Bonchev–Trinajstić information content (AvgIpc) is 2.75. The Morgan fingerprint density at radius 3 is 2.65 bits per heavy atom. The molecule has 0 amide bonds. The van der Waals surface area contributed by atoms with Crippen molar-refractivity contribution in [1.29, 1.82) is 0 Å². The number of halogens is 1. The van der Waals surface area contributed by atoms with Crippen molar-refractivity contribution in [1.82, 2.24) is 0 Å². The van der Waals surface area contributed by atoms with E-state index in [-0.39, 0.29) is 0 Å². The molecule has 2 rings (SSSR count). The Hall–Kier alpha value is -0.640. The van der Waals surface area contributed by atoms with Gasteiger partial charge < -0.3 is 5.11 Å². The number of rotatable bonds is 3. The van der Waals surface area contributed by atoms with Gasteiger partial charge in [-0.1, -0.05) is 35.0 Å². The zero-order valence-electron chi connectivity index (χ0n) is 9.90. The summed E-state index contributed by atoms with van der Waals surface area (Å²) in [5.74, 6) is 0. The fourth-order valence-corrected chi connectivity index (χ4v) is 3.28. The smallest absolute Gasteiger partial charge is 0.115 e. The van der Waals surface area contributed by atoms with Crippen LogP contribution < -0.4 is 0 Å². The quantitative estimate of drug-likeness (QED) is 0.887. The minimum atomic E-state index is -0.881. The second-order valence-corrected chi connectivity index (χ2v) is 6.15. The van der Waals surface area contributed by atoms with Gasteiger partial charge >= 0.3 is 0 Å². The number of aryl methyl sites for hydroxylation is 1. The van der Waals surface area contributed by atoms with E-state index in [0.717, 1.165) is 15.6 Å². The SMILES string of the molecule is CCC(O)(c1cccc(Br)c1)c1ccsc1C. The molecule has 0 bridgehead atoms. The molecule has 1 atom stereocenters. The van der Waals surface area contributed by atoms with Crippen LogP contribution in [0.4, 0.5) is 0 Å². The van der Waals surface area contributed by atoms with Crippen molar-refractivity contribution in [3.63, 3.8) is 0 Å². The lowest BCUT2D eigenvalue weighted by atomic mass is 9.84. The van der Waals surface area contributed by atoms with E-state index >= 15 is 0 Å². The van der Waals surface area contributed by atoms with Crippen molar-refractivity contribution in [3.8, 4) is 0 Å². The van der Waals surface area contributed by atoms with Crippen LogP contribution in [0.15, 0.2) is 40.2 Å². The van der Waals surface area contributed by atoms with Gasteiger partial charge in [0.15, 0.2) is 0 Å². The van der Waals surface area contributed by atoms with Crippen molar-refractivity contribution >= 4 is 27.3 Å². The van der Waals surface area contributed by atoms with Gasteiger partial charge in [-0.25, -0.2) is 0 Å². The molecule has 0 spiro atoms. The molecule has 0 aliphatic carbocycles. The molecule has 0 aliphatic rings. The number of aliphatic hydroxyl groups is 1. The van der Waals surface area contributed by atoms with E-state index in [1.54, 1.807) is 11.3 Å². The van der Waals surface area contributed by atoms with Crippen molar-refractivity contribution in [2.45, 2.75) is 25.9 Å². The third-order valence-electron chi connectivity index (χ3n) is 3.12. The van der Waals surface area contributed by atoms with Crippen LogP contribution in [0.2, 0.25) is 0 Å². The lowest BCUT2D eigenvalue weighted by molar-refractivity contribution is 0.0763. The Kier molecular flexibility index (Phi) is 3.71. The zero-order chi connectivity index (χ0) is 12.5. The van der Waals surface area contributed by atoms with Gasteiger partial charge in [0, 0.05) is 14.9 Å². The number of benzene rings is 1. The van der Waals surface area contributed by atoms with E-state index in [1.165, 1.54) is 4.88 Å². The van der Waals surface area contributed by atoms with Crippen LogP contribution in [0.1, 0.15) is 29.3 Å². The third kappa shape index (κ3) is 2.32. The van der Waals surface area contributed by atoms with Gasteiger partial charge in [0.2, 0.25) is 0 Å². The van der Waals surface area contributed by atoms with Gasteiger partial charge in [0.05, 0.1) is 0 Å². The highest BCUT2D eigenvalue weighted by Gasteiger charge is 2.31. The van der Waals surface area contributed by atoms with E-state index in [1.807, 2.05) is 42.6 Å². The Morgan fingerprint density at radius 2 is 2.12 bits per heavy atom. The van der Waals surface area contributed by atoms with Crippen LogP contribution in [0, 0.1) is 6.92 Å². The maximum atomic E-state index is 10.9. The molecule has 1 aromatic carbocycles. The normalized spacial score (nSPS) is 14.6. The first-order valence-electron chi connectivity index (χ1n) is 5.61. The van der Waals surface area contributed by atoms with Gasteiger partial charge in [-0.3, -0.25) is 0 Å². The summed E-state index contributed by atoms with van der Waals surface area (Å²) >= 11 is 5.13. The first-order chi connectivity index (χ1) is 8.08. The number of hydrogen-bond acceptors (Lipinski definition) is 2. The number of thiophene rings is 1. The maximum absolute atomic E-state index is 10.9. The first kappa shape index (κ1) is 12.8. The highest BCUT2D eigenvalue weighted by molar-refractivity contribution is 9.10. The summed E-state index contributed by atoms with van der Waals surface area (Å²) in [6.07, 6.45) is 0.668. The molecular weight excluding hydrogens is 296 g/mol. The van der Waals surface area contributed by atoms with Crippen LogP contribution in [0.3, 0.4) is 0 Å². The molecule has 0 radical (unpaired) electrons. The maximum Gasteiger partial charge on any atom is 0.115 e. The lowest BCUT2D eigenvalue weighted by Crippen LogP contribution is -2.26. The average molecular weight is 311 g/mol. The third-order valence-corrected chi connectivity index (χ3v) is 4.46. The molecular formula is C14H15BrOS. The Bertz CT molecular complexity index is 520. The van der Waals surface area contributed by atoms with Crippen molar-refractivity contribution in [2.24, 2.45) is 0 Å². The molecule has 1 nitrogen and oxygen atoms in total. The summed E-state index contributed by atoms with van der Waals surface area (Å²) in [4.78, 5) is 1.18. The van der Waals surface area contributed by atoms with Gasteiger partial charge in [-0.15, -0.1) is 11.3 Å². The second-order valence-electron chi connectivity index (χ2n) is 4.11. The highest BCUT2D eigenvalue weighted by atomic mass is 79.9. The Morgan fingerprint density at radius 1 is 1.35 bits per heavy atom. The molecule has 1 unspecified atom stereocenters. The predicted molar refractivity (Wildman–Crippen MR) is 76.5 cm³/mol. The van der Waals surface area contributed by atoms with E-state index in [4.69, 9.17) is 0 Å². The topological polar surface area (TPSA) is 20.2 Å². The van der Waals surface area contributed by atoms with Gasteiger partial charge in [-0.05, 0) is 42.5 Å². The fraction of sp³-hybridized carbons (Fsp3) is 0.286. The molecule has 0 saturated carbocycles. The second kappa shape index (κ2) is 4.92. The van der Waals surface area contributed by atoms with Gasteiger partial charge in [0.25, 0.3) is 0 Å². The molecule has 0 fully saturated rings. The largest absolute Gasteiger partial charge is 0.380 e. The lowest BCUT2D eigenvalue weighted by Gasteiger charge is -2.28.